The van der Waals surface area contributed by atoms with Crippen LogP contribution in [0.3, 0.4) is 0 Å². The van der Waals surface area contributed by atoms with E-state index in [1.807, 2.05) is 0 Å². The summed E-state index contributed by atoms with van der Waals surface area (Å²) in [6.45, 7) is 4.34. The van der Waals surface area contributed by atoms with Gasteiger partial charge in [-0.05, 0) is 101 Å². The first-order valence-corrected chi connectivity index (χ1v) is 12.7. The van der Waals surface area contributed by atoms with Crippen LogP contribution in [0.25, 0.3) is 0 Å². The second-order valence-corrected chi connectivity index (χ2v) is 10.1. The van der Waals surface area contributed by atoms with E-state index < -0.39 is 0 Å². The van der Waals surface area contributed by atoms with Crippen molar-refractivity contribution in [2.24, 2.45) is 29.6 Å². The van der Waals surface area contributed by atoms with Crippen molar-refractivity contribution in [3.63, 3.8) is 0 Å². The number of carbonyl (C=O) groups is 1. The second kappa shape index (κ2) is 17.8. The van der Waals surface area contributed by atoms with E-state index in [0.717, 1.165) is 63.2 Å². The standard InChI is InChI=1S/C26H41NO5.3H2O/c1-2-25(28)31-17-3-16-30-24-14-12-23(13-15-24)26(32-29)22-10-8-21(9-11-22)20-6-4-19(18-27)5-7-20;;;/h2,19-24,26,29H,1,3-17H2;3*1H2. The van der Waals surface area contributed by atoms with Crippen molar-refractivity contribution in [2.45, 2.75) is 95.7 Å². The number of carbonyl (C=O) groups excluding carboxylic acids is 1. The molecule has 3 saturated carbocycles. The molecule has 0 saturated heterocycles. The number of esters is 1. The maximum Gasteiger partial charge on any atom is 0.330 e. The molecule has 0 spiro atoms. The lowest BCUT2D eigenvalue weighted by Crippen LogP contribution is -2.38. The Bertz CT molecular complexity index is 615. The van der Waals surface area contributed by atoms with Gasteiger partial charge in [-0.15, -0.1) is 0 Å². The molecule has 0 aromatic rings. The Balaban J connectivity index is 0.00000385. The molecule has 0 radical (unpaired) electrons. The normalized spacial score (nSPS) is 31.3. The monoisotopic (exact) mass is 501 g/mol. The molecule has 0 amide bonds. The summed E-state index contributed by atoms with van der Waals surface area (Å²) in [5.74, 6) is 2.33. The molecule has 9 heteroatoms. The van der Waals surface area contributed by atoms with E-state index in [1.165, 1.54) is 31.8 Å². The van der Waals surface area contributed by atoms with Crippen molar-refractivity contribution in [1.82, 2.24) is 0 Å². The number of hydrogen-bond acceptors (Lipinski definition) is 6. The summed E-state index contributed by atoms with van der Waals surface area (Å²) in [6.07, 6.45) is 15.5. The first-order chi connectivity index (χ1) is 15.6. The zero-order valence-electron chi connectivity index (χ0n) is 21.0. The quantitative estimate of drug-likeness (QED) is 0.157. The average Bonchev–Trinajstić information content (AvgIpc) is 2.85. The van der Waals surface area contributed by atoms with Gasteiger partial charge in [0.25, 0.3) is 0 Å². The molecule has 1 atom stereocenters. The number of nitrogens with zero attached hydrogens (tertiary/aromatic N) is 1. The first kappa shape index (κ1) is 33.5. The van der Waals surface area contributed by atoms with Gasteiger partial charge in [-0.3, -0.25) is 5.26 Å². The Kier molecular flexibility index (Phi) is 17.0. The van der Waals surface area contributed by atoms with E-state index in [1.54, 1.807) is 0 Å². The van der Waals surface area contributed by atoms with E-state index >= 15 is 0 Å². The molecule has 9 nitrogen and oxygen atoms in total. The molecule has 0 aromatic carbocycles. The molecule has 0 heterocycles. The van der Waals surface area contributed by atoms with Crippen molar-refractivity contribution in [2.75, 3.05) is 13.2 Å². The fourth-order valence-electron chi connectivity index (χ4n) is 6.35. The summed E-state index contributed by atoms with van der Waals surface area (Å²) in [5.41, 5.74) is 0. The van der Waals surface area contributed by atoms with E-state index in [4.69, 9.17) is 19.6 Å². The minimum Gasteiger partial charge on any atom is -0.462 e. The highest BCUT2D eigenvalue weighted by Crippen LogP contribution is 2.44. The topological polar surface area (TPSA) is 183 Å². The van der Waals surface area contributed by atoms with Crippen molar-refractivity contribution in [3.8, 4) is 6.07 Å². The molecule has 1 unspecified atom stereocenters. The number of hydrogen-bond donors (Lipinski definition) is 1. The first-order valence-electron chi connectivity index (χ1n) is 12.7. The van der Waals surface area contributed by atoms with Crippen LogP contribution in [0.15, 0.2) is 12.7 Å². The lowest BCUT2D eigenvalue weighted by atomic mass is 9.67. The van der Waals surface area contributed by atoms with Gasteiger partial charge in [0.2, 0.25) is 0 Å². The molecule has 3 rings (SSSR count). The third-order valence-corrected chi connectivity index (χ3v) is 8.26. The summed E-state index contributed by atoms with van der Waals surface area (Å²) in [6, 6.07) is 2.45. The SMILES string of the molecule is C=CC(=O)OCCCOC1CCC(C(OO)C2CCC(C3CCC(C#N)CC3)CC2)CC1.O.O.O. The maximum atomic E-state index is 11.0. The van der Waals surface area contributed by atoms with Gasteiger partial charge in [-0.2, -0.15) is 5.26 Å². The smallest absolute Gasteiger partial charge is 0.330 e. The lowest BCUT2D eigenvalue weighted by molar-refractivity contribution is -0.307. The Hall–Kier alpha value is -1.54. The summed E-state index contributed by atoms with van der Waals surface area (Å²) < 4.78 is 10.9. The predicted octanol–water partition coefficient (Wildman–Crippen LogP) is 3.20. The predicted molar refractivity (Wildman–Crippen MR) is 132 cm³/mol. The van der Waals surface area contributed by atoms with Crippen molar-refractivity contribution >= 4 is 5.97 Å². The average molecular weight is 502 g/mol. The zero-order chi connectivity index (χ0) is 22.8. The molecule has 3 aliphatic rings. The van der Waals surface area contributed by atoms with E-state index in [2.05, 4.69) is 12.6 Å². The largest absolute Gasteiger partial charge is 0.462 e. The van der Waals surface area contributed by atoms with E-state index in [9.17, 15) is 10.1 Å². The van der Waals surface area contributed by atoms with Gasteiger partial charge >= 0.3 is 5.97 Å². The van der Waals surface area contributed by atoms with Crippen LogP contribution in [0.5, 0.6) is 0 Å². The van der Waals surface area contributed by atoms with Crippen LogP contribution >= 0.6 is 0 Å². The molecular weight excluding hydrogens is 454 g/mol. The van der Waals surface area contributed by atoms with Crippen molar-refractivity contribution in [3.05, 3.63) is 12.7 Å². The Morgan fingerprint density at radius 3 is 1.89 bits per heavy atom. The van der Waals surface area contributed by atoms with Crippen LogP contribution in [0.2, 0.25) is 0 Å². The summed E-state index contributed by atoms with van der Waals surface area (Å²) in [4.78, 5) is 16.1. The third kappa shape index (κ3) is 10.2. The highest BCUT2D eigenvalue weighted by Gasteiger charge is 2.38. The Morgan fingerprint density at radius 1 is 0.886 bits per heavy atom. The fraction of sp³-hybridized carbons (Fsp3) is 0.846. The summed E-state index contributed by atoms with van der Waals surface area (Å²) in [5, 5.41) is 18.8. The molecule has 204 valence electrons. The fourth-order valence-corrected chi connectivity index (χ4v) is 6.35. The van der Waals surface area contributed by atoms with Gasteiger partial charge in [-0.1, -0.05) is 6.58 Å². The number of rotatable bonds is 10. The second-order valence-electron chi connectivity index (χ2n) is 10.1. The summed E-state index contributed by atoms with van der Waals surface area (Å²) >= 11 is 0. The minimum atomic E-state index is -0.388. The van der Waals surface area contributed by atoms with Gasteiger partial charge in [0.05, 0.1) is 31.5 Å². The molecule has 0 aliphatic heterocycles. The van der Waals surface area contributed by atoms with Gasteiger partial charge in [0.1, 0.15) is 0 Å². The highest BCUT2D eigenvalue weighted by molar-refractivity contribution is 5.81. The Morgan fingerprint density at radius 2 is 1.40 bits per heavy atom. The summed E-state index contributed by atoms with van der Waals surface area (Å²) in [7, 11) is 0. The van der Waals surface area contributed by atoms with Gasteiger partial charge in [0, 0.05) is 18.4 Å². The Labute approximate surface area is 209 Å². The van der Waals surface area contributed by atoms with Crippen molar-refractivity contribution in [1.29, 1.82) is 5.26 Å². The lowest BCUT2D eigenvalue weighted by Gasteiger charge is -2.41. The number of ether oxygens (including phenoxy) is 2. The van der Waals surface area contributed by atoms with Gasteiger partial charge in [-0.25, -0.2) is 9.68 Å². The van der Waals surface area contributed by atoms with Gasteiger partial charge in [0.15, 0.2) is 0 Å². The molecule has 0 aromatic heterocycles. The number of nitriles is 1. The molecular formula is C26H47NO8. The minimum absolute atomic E-state index is 0. The van der Waals surface area contributed by atoms with Crippen LogP contribution in [-0.4, -0.2) is 53.1 Å². The molecule has 3 aliphatic carbocycles. The van der Waals surface area contributed by atoms with Crippen LogP contribution in [0, 0.1) is 40.9 Å². The molecule has 0 bridgehead atoms. The third-order valence-electron chi connectivity index (χ3n) is 8.26. The molecule has 7 N–H and O–H groups in total. The zero-order valence-corrected chi connectivity index (χ0v) is 21.0. The van der Waals surface area contributed by atoms with Crippen LogP contribution in [0.4, 0.5) is 0 Å². The molecule has 35 heavy (non-hydrogen) atoms. The van der Waals surface area contributed by atoms with Crippen LogP contribution in [0.1, 0.15) is 83.5 Å². The molecule has 3 fully saturated rings. The highest BCUT2D eigenvalue weighted by atomic mass is 17.1. The van der Waals surface area contributed by atoms with Gasteiger partial charge < -0.3 is 25.9 Å². The maximum absolute atomic E-state index is 11.0. The van der Waals surface area contributed by atoms with Crippen LogP contribution in [-0.2, 0) is 19.2 Å². The van der Waals surface area contributed by atoms with E-state index in [0.29, 0.717) is 31.5 Å². The van der Waals surface area contributed by atoms with Crippen LogP contribution < -0.4 is 0 Å². The van der Waals surface area contributed by atoms with E-state index in [-0.39, 0.29) is 40.5 Å². The van der Waals surface area contributed by atoms with Crippen molar-refractivity contribution < 1.29 is 40.8 Å².